The summed E-state index contributed by atoms with van der Waals surface area (Å²) in [6.07, 6.45) is 1.90. The number of halogens is 2. The quantitative estimate of drug-likeness (QED) is 0.770. The number of nitrogens with zero attached hydrogens (tertiary/aromatic N) is 4. The molecule has 0 spiro atoms. The SMILES string of the molecule is Cc1nc(S(=O)(=O)N2CCCN(C(=O)c3c(F)cccc3Cl)CC2)cn1C. The highest BCUT2D eigenvalue weighted by Crippen LogP contribution is 2.23. The Hall–Kier alpha value is -1.97. The Morgan fingerprint density at radius 3 is 2.59 bits per heavy atom. The largest absolute Gasteiger partial charge is 0.337 e. The van der Waals surface area contributed by atoms with Gasteiger partial charge in [0.05, 0.1) is 10.6 Å². The van der Waals surface area contributed by atoms with E-state index in [1.807, 2.05) is 0 Å². The van der Waals surface area contributed by atoms with E-state index >= 15 is 0 Å². The molecule has 0 saturated carbocycles. The predicted molar refractivity (Wildman–Crippen MR) is 98.6 cm³/mol. The van der Waals surface area contributed by atoms with Gasteiger partial charge >= 0.3 is 0 Å². The molecule has 1 amide bonds. The maximum atomic E-state index is 14.0. The lowest BCUT2D eigenvalue weighted by molar-refractivity contribution is 0.0759. The van der Waals surface area contributed by atoms with E-state index in [4.69, 9.17) is 11.6 Å². The van der Waals surface area contributed by atoms with E-state index in [-0.39, 0.29) is 35.2 Å². The van der Waals surface area contributed by atoms with E-state index < -0.39 is 21.7 Å². The number of sulfonamides is 1. The number of benzene rings is 1. The first-order valence-corrected chi connectivity index (χ1v) is 10.3. The van der Waals surface area contributed by atoms with Crippen LogP contribution in [-0.4, -0.2) is 59.3 Å². The number of hydrogen-bond acceptors (Lipinski definition) is 4. The highest BCUT2D eigenvalue weighted by Gasteiger charge is 2.31. The molecule has 0 aliphatic carbocycles. The maximum Gasteiger partial charge on any atom is 0.262 e. The van der Waals surface area contributed by atoms with Gasteiger partial charge in [0.15, 0.2) is 5.03 Å². The Morgan fingerprint density at radius 1 is 1.22 bits per heavy atom. The summed E-state index contributed by atoms with van der Waals surface area (Å²) in [6.45, 7) is 2.55. The van der Waals surface area contributed by atoms with Gasteiger partial charge in [-0.25, -0.2) is 17.8 Å². The molecule has 1 fully saturated rings. The van der Waals surface area contributed by atoms with E-state index in [1.54, 1.807) is 18.5 Å². The Labute approximate surface area is 162 Å². The average Bonchev–Trinajstić information content (AvgIpc) is 2.82. The highest BCUT2D eigenvalue weighted by atomic mass is 35.5. The smallest absolute Gasteiger partial charge is 0.262 e. The minimum atomic E-state index is -3.75. The van der Waals surface area contributed by atoms with Crippen LogP contribution in [0.4, 0.5) is 4.39 Å². The summed E-state index contributed by atoms with van der Waals surface area (Å²) >= 11 is 5.98. The van der Waals surface area contributed by atoms with Crippen molar-refractivity contribution >= 4 is 27.5 Å². The molecule has 1 aromatic heterocycles. The number of carbonyl (C=O) groups excluding carboxylic acids is 1. The van der Waals surface area contributed by atoms with Crippen molar-refractivity contribution in [2.45, 2.75) is 18.4 Å². The van der Waals surface area contributed by atoms with Crippen molar-refractivity contribution in [2.75, 3.05) is 26.2 Å². The summed E-state index contributed by atoms with van der Waals surface area (Å²) in [5.74, 6) is -0.634. The molecule has 7 nitrogen and oxygen atoms in total. The van der Waals surface area contributed by atoms with Crippen LogP contribution >= 0.6 is 11.6 Å². The van der Waals surface area contributed by atoms with Crippen molar-refractivity contribution in [2.24, 2.45) is 7.05 Å². The number of imidazole rings is 1. The van der Waals surface area contributed by atoms with Crippen LogP contribution in [0.2, 0.25) is 5.02 Å². The molecule has 2 heterocycles. The molecule has 0 unspecified atom stereocenters. The molecule has 2 aromatic rings. The van der Waals surface area contributed by atoms with Gasteiger partial charge in [0.25, 0.3) is 15.9 Å². The van der Waals surface area contributed by atoms with Gasteiger partial charge in [0.2, 0.25) is 0 Å². The summed E-state index contributed by atoms with van der Waals surface area (Å²) in [4.78, 5) is 18.2. The molecule has 0 atom stereocenters. The standard InChI is InChI=1S/C17H20ClFN4O3S/c1-12-20-15(11-21(12)2)27(25,26)23-8-4-7-22(9-10-23)17(24)16-13(18)5-3-6-14(16)19/h3,5-6,11H,4,7-10H2,1-2H3. The van der Waals surface area contributed by atoms with Crippen molar-refractivity contribution in [1.82, 2.24) is 18.8 Å². The highest BCUT2D eigenvalue weighted by molar-refractivity contribution is 7.89. The summed E-state index contributed by atoms with van der Waals surface area (Å²) in [6, 6.07) is 4.06. The molecule has 1 aliphatic heterocycles. The Morgan fingerprint density at radius 2 is 1.96 bits per heavy atom. The summed E-state index contributed by atoms with van der Waals surface area (Å²) in [5.41, 5.74) is -0.184. The van der Waals surface area contributed by atoms with Gasteiger partial charge in [0.1, 0.15) is 11.6 Å². The van der Waals surface area contributed by atoms with Crippen LogP contribution in [0.5, 0.6) is 0 Å². The van der Waals surface area contributed by atoms with Gasteiger partial charge in [-0.3, -0.25) is 4.79 Å². The fourth-order valence-electron chi connectivity index (χ4n) is 2.98. The second-order valence-electron chi connectivity index (χ2n) is 6.38. The normalized spacial score (nSPS) is 16.4. The Bertz CT molecular complexity index is 937. The van der Waals surface area contributed by atoms with Crippen molar-refractivity contribution in [3.63, 3.8) is 0 Å². The third kappa shape index (κ3) is 3.85. The second-order valence-corrected chi connectivity index (χ2v) is 8.68. The van der Waals surface area contributed by atoms with Crippen LogP contribution in [0.25, 0.3) is 0 Å². The first-order chi connectivity index (χ1) is 12.7. The van der Waals surface area contributed by atoms with E-state index in [0.717, 1.165) is 0 Å². The monoisotopic (exact) mass is 414 g/mol. The number of hydrogen-bond donors (Lipinski definition) is 0. The Kier molecular flexibility index (Phi) is 5.55. The molecule has 1 aliphatic rings. The lowest BCUT2D eigenvalue weighted by atomic mass is 10.1. The molecule has 0 N–H and O–H groups in total. The summed E-state index contributed by atoms with van der Waals surface area (Å²) in [7, 11) is -2.03. The first kappa shape index (κ1) is 19.8. The number of amides is 1. The van der Waals surface area contributed by atoms with Gasteiger partial charge in [-0.2, -0.15) is 4.31 Å². The van der Waals surface area contributed by atoms with E-state index in [0.29, 0.717) is 18.8 Å². The molecule has 3 rings (SSSR count). The minimum absolute atomic E-state index is 0.0144. The molecule has 0 radical (unpaired) electrons. The van der Waals surface area contributed by atoms with Gasteiger partial charge in [-0.05, 0) is 25.5 Å². The van der Waals surface area contributed by atoms with E-state index in [2.05, 4.69) is 4.98 Å². The van der Waals surface area contributed by atoms with Gasteiger partial charge < -0.3 is 9.47 Å². The lowest BCUT2D eigenvalue weighted by Gasteiger charge is -2.22. The van der Waals surface area contributed by atoms with Crippen LogP contribution in [0, 0.1) is 12.7 Å². The topological polar surface area (TPSA) is 75.5 Å². The van der Waals surface area contributed by atoms with Crippen LogP contribution in [-0.2, 0) is 17.1 Å². The van der Waals surface area contributed by atoms with Gasteiger partial charge in [-0.15, -0.1) is 0 Å². The second kappa shape index (κ2) is 7.57. The molecule has 0 bridgehead atoms. The maximum absolute atomic E-state index is 14.0. The number of rotatable bonds is 3. The van der Waals surface area contributed by atoms with Crippen LogP contribution in [0.1, 0.15) is 22.6 Å². The molecular formula is C17H20ClFN4O3S. The predicted octanol–water partition coefficient (Wildman–Crippen LogP) is 2.06. The van der Waals surface area contributed by atoms with Crippen LogP contribution in [0.3, 0.4) is 0 Å². The molecular weight excluding hydrogens is 395 g/mol. The third-order valence-electron chi connectivity index (χ3n) is 4.61. The molecule has 1 saturated heterocycles. The zero-order chi connectivity index (χ0) is 19.8. The van der Waals surface area contributed by atoms with E-state index in [1.165, 1.54) is 33.6 Å². The van der Waals surface area contributed by atoms with E-state index in [9.17, 15) is 17.6 Å². The van der Waals surface area contributed by atoms with Gasteiger partial charge in [0, 0.05) is 39.4 Å². The lowest BCUT2D eigenvalue weighted by Crippen LogP contribution is -2.37. The fraction of sp³-hybridized carbons (Fsp3) is 0.412. The van der Waals surface area contributed by atoms with Crippen LogP contribution < -0.4 is 0 Å². The third-order valence-corrected chi connectivity index (χ3v) is 6.69. The molecule has 10 heteroatoms. The molecule has 1 aromatic carbocycles. The van der Waals surface area contributed by atoms with Crippen molar-refractivity contribution in [1.29, 1.82) is 0 Å². The van der Waals surface area contributed by atoms with Crippen molar-refractivity contribution < 1.29 is 17.6 Å². The van der Waals surface area contributed by atoms with Crippen molar-refractivity contribution in [3.05, 3.63) is 46.6 Å². The zero-order valence-electron chi connectivity index (χ0n) is 15.0. The average molecular weight is 415 g/mol. The fourth-order valence-corrected chi connectivity index (χ4v) is 4.72. The zero-order valence-corrected chi connectivity index (χ0v) is 16.6. The van der Waals surface area contributed by atoms with Crippen molar-refractivity contribution in [3.8, 4) is 0 Å². The summed E-state index contributed by atoms with van der Waals surface area (Å²) < 4.78 is 42.6. The van der Waals surface area contributed by atoms with Gasteiger partial charge in [-0.1, -0.05) is 17.7 Å². The number of carbonyl (C=O) groups is 1. The number of aromatic nitrogens is 2. The van der Waals surface area contributed by atoms with Crippen LogP contribution in [0.15, 0.2) is 29.4 Å². The molecule has 146 valence electrons. The number of aryl methyl sites for hydroxylation is 2. The molecule has 27 heavy (non-hydrogen) atoms. The first-order valence-electron chi connectivity index (χ1n) is 8.45. The minimum Gasteiger partial charge on any atom is -0.337 e. The summed E-state index contributed by atoms with van der Waals surface area (Å²) in [5, 5.41) is 0.0251. The Balaban J connectivity index is 1.78.